The number of aromatic nitrogens is 1. The van der Waals surface area contributed by atoms with Crippen molar-refractivity contribution in [2.75, 3.05) is 13.1 Å². The van der Waals surface area contributed by atoms with Gasteiger partial charge in [0.2, 0.25) is 11.8 Å². The molecule has 22 heavy (non-hydrogen) atoms. The number of hydrogen-bond donors (Lipinski definition) is 1. The van der Waals surface area contributed by atoms with E-state index in [4.69, 9.17) is 0 Å². The van der Waals surface area contributed by atoms with Crippen molar-refractivity contribution in [1.29, 1.82) is 0 Å². The van der Waals surface area contributed by atoms with Gasteiger partial charge in [0.05, 0.1) is 12.2 Å². The fourth-order valence-electron chi connectivity index (χ4n) is 2.70. The summed E-state index contributed by atoms with van der Waals surface area (Å²) in [4.78, 5) is 30.2. The number of amides is 2. The normalized spacial score (nSPS) is 15.6. The molecule has 1 aliphatic rings. The van der Waals surface area contributed by atoms with Gasteiger partial charge in [-0.25, -0.2) is 0 Å². The predicted molar refractivity (Wildman–Crippen MR) is 84.9 cm³/mol. The molecule has 0 radical (unpaired) electrons. The van der Waals surface area contributed by atoms with E-state index in [0.29, 0.717) is 26.1 Å². The lowest BCUT2D eigenvalue weighted by molar-refractivity contribution is -0.135. The molecule has 5 nitrogen and oxygen atoms in total. The third-order valence-corrected chi connectivity index (χ3v) is 4.13. The summed E-state index contributed by atoms with van der Waals surface area (Å²) < 4.78 is 0. The van der Waals surface area contributed by atoms with Gasteiger partial charge in [-0.1, -0.05) is 19.4 Å². The second-order valence-corrected chi connectivity index (χ2v) is 5.80. The van der Waals surface area contributed by atoms with E-state index >= 15 is 0 Å². The summed E-state index contributed by atoms with van der Waals surface area (Å²) >= 11 is 0. The molecule has 0 saturated carbocycles. The van der Waals surface area contributed by atoms with Crippen LogP contribution in [0.4, 0.5) is 0 Å². The van der Waals surface area contributed by atoms with Crippen LogP contribution in [0.3, 0.4) is 0 Å². The van der Waals surface area contributed by atoms with Crippen molar-refractivity contribution in [2.24, 2.45) is 5.92 Å². The number of carbonyl (C=O) groups is 2. The third-order valence-electron chi connectivity index (χ3n) is 4.13. The minimum Gasteiger partial charge on any atom is -0.350 e. The van der Waals surface area contributed by atoms with E-state index in [9.17, 15) is 9.59 Å². The topological polar surface area (TPSA) is 62.3 Å². The van der Waals surface area contributed by atoms with Crippen LogP contribution in [0.5, 0.6) is 0 Å². The Hall–Kier alpha value is -1.91. The van der Waals surface area contributed by atoms with Crippen LogP contribution in [0, 0.1) is 5.92 Å². The lowest BCUT2D eigenvalue weighted by Crippen LogP contribution is -2.42. The first-order valence-corrected chi connectivity index (χ1v) is 8.16. The average Bonchev–Trinajstić information content (AvgIpc) is 2.58. The smallest absolute Gasteiger partial charge is 0.223 e. The van der Waals surface area contributed by atoms with Crippen LogP contribution in [0.15, 0.2) is 24.4 Å². The molecule has 2 amide bonds. The second-order valence-electron chi connectivity index (χ2n) is 5.80. The Bertz CT molecular complexity index is 482. The minimum atomic E-state index is 0.0129. The van der Waals surface area contributed by atoms with Crippen molar-refractivity contribution in [3.05, 3.63) is 30.1 Å². The van der Waals surface area contributed by atoms with Crippen LogP contribution in [0.1, 0.15) is 44.7 Å². The van der Waals surface area contributed by atoms with Gasteiger partial charge in [0.1, 0.15) is 0 Å². The fourth-order valence-corrected chi connectivity index (χ4v) is 2.70. The summed E-state index contributed by atoms with van der Waals surface area (Å²) in [5.74, 6) is 0.319. The van der Waals surface area contributed by atoms with Crippen molar-refractivity contribution >= 4 is 11.8 Å². The molecule has 1 N–H and O–H groups in total. The van der Waals surface area contributed by atoms with Gasteiger partial charge in [0.15, 0.2) is 0 Å². The Morgan fingerprint density at radius 2 is 2.09 bits per heavy atom. The van der Waals surface area contributed by atoms with Gasteiger partial charge in [-0.15, -0.1) is 0 Å². The largest absolute Gasteiger partial charge is 0.350 e. The number of carbonyl (C=O) groups excluding carboxylic acids is 2. The predicted octanol–water partition coefficient (Wildman–Crippen LogP) is 2.13. The molecule has 2 rings (SSSR count). The van der Waals surface area contributed by atoms with E-state index in [0.717, 1.165) is 31.4 Å². The Labute approximate surface area is 132 Å². The summed E-state index contributed by atoms with van der Waals surface area (Å²) in [6.07, 6.45) is 5.86. The third kappa shape index (κ3) is 4.83. The number of pyridine rings is 1. The average molecular weight is 303 g/mol. The zero-order valence-electron chi connectivity index (χ0n) is 13.3. The quantitative estimate of drug-likeness (QED) is 0.875. The fraction of sp³-hybridized carbons (Fsp3) is 0.588. The van der Waals surface area contributed by atoms with Crippen molar-refractivity contribution in [3.8, 4) is 0 Å². The van der Waals surface area contributed by atoms with E-state index in [1.54, 1.807) is 6.20 Å². The standard InChI is InChI=1S/C17H25N3O2/c1-2-3-7-16(21)20-11-8-14(9-12-20)17(22)19-13-15-6-4-5-10-18-15/h4-6,10,14H,2-3,7-9,11-13H2,1H3,(H,19,22). The van der Waals surface area contributed by atoms with Gasteiger partial charge in [-0.3, -0.25) is 14.6 Å². The van der Waals surface area contributed by atoms with Gasteiger partial charge in [-0.05, 0) is 31.4 Å². The summed E-state index contributed by atoms with van der Waals surface area (Å²) in [5.41, 5.74) is 0.864. The van der Waals surface area contributed by atoms with Gasteiger partial charge >= 0.3 is 0 Å². The van der Waals surface area contributed by atoms with Crippen molar-refractivity contribution < 1.29 is 9.59 Å². The number of hydrogen-bond acceptors (Lipinski definition) is 3. The van der Waals surface area contributed by atoms with Crippen LogP contribution < -0.4 is 5.32 Å². The van der Waals surface area contributed by atoms with Crippen molar-refractivity contribution in [3.63, 3.8) is 0 Å². The Morgan fingerprint density at radius 3 is 2.73 bits per heavy atom. The number of rotatable bonds is 6. The number of nitrogens with zero attached hydrogens (tertiary/aromatic N) is 2. The number of likely N-dealkylation sites (tertiary alicyclic amines) is 1. The number of nitrogens with one attached hydrogen (secondary N) is 1. The van der Waals surface area contributed by atoms with Crippen LogP contribution in [0.25, 0.3) is 0 Å². The second kappa shape index (κ2) is 8.51. The van der Waals surface area contributed by atoms with Gasteiger partial charge in [0.25, 0.3) is 0 Å². The van der Waals surface area contributed by atoms with Gasteiger partial charge in [0, 0.05) is 31.6 Å². The van der Waals surface area contributed by atoms with Crippen LogP contribution in [-0.2, 0) is 16.1 Å². The molecular weight excluding hydrogens is 278 g/mol. The summed E-state index contributed by atoms with van der Waals surface area (Å²) in [7, 11) is 0. The molecule has 0 unspecified atom stereocenters. The molecule has 1 aliphatic heterocycles. The van der Waals surface area contributed by atoms with E-state index in [1.165, 1.54) is 0 Å². The maximum Gasteiger partial charge on any atom is 0.223 e. The molecule has 0 aliphatic carbocycles. The van der Waals surface area contributed by atoms with Crippen LogP contribution >= 0.6 is 0 Å². The molecule has 1 saturated heterocycles. The van der Waals surface area contributed by atoms with Crippen LogP contribution in [0.2, 0.25) is 0 Å². The zero-order valence-corrected chi connectivity index (χ0v) is 13.3. The zero-order chi connectivity index (χ0) is 15.8. The summed E-state index contributed by atoms with van der Waals surface area (Å²) in [6.45, 7) is 3.95. The van der Waals surface area contributed by atoms with Crippen LogP contribution in [-0.4, -0.2) is 34.8 Å². The van der Waals surface area contributed by atoms with E-state index < -0.39 is 0 Å². The van der Waals surface area contributed by atoms with Gasteiger partial charge < -0.3 is 10.2 Å². The maximum absolute atomic E-state index is 12.2. The molecular formula is C17H25N3O2. The first-order valence-electron chi connectivity index (χ1n) is 8.16. The minimum absolute atomic E-state index is 0.0129. The van der Waals surface area contributed by atoms with E-state index in [1.807, 2.05) is 23.1 Å². The molecule has 2 heterocycles. The Balaban J connectivity index is 1.72. The molecule has 0 bridgehead atoms. The Morgan fingerprint density at radius 1 is 1.32 bits per heavy atom. The molecule has 0 atom stereocenters. The molecule has 0 aromatic carbocycles. The highest BCUT2D eigenvalue weighted by molar-refractivity contribution is 5.80. The molecule has 1 aromatic rings. The number of unbranched alkanes of at least 4 members (excludes halogenated alkanes) is 1. The summed E-state index contributed by atoms with van der Waals surface area (Å²) in [6, 6.07) is 5.67. The van der Waals surface area contributed by atoms with Gasteiger partial charge in [-0.2, -0.15) is 0 Å². The first kappa shape index (κ1) is 16.5. The highest BCUT2D eigenvalue weighted by Crippen LogP contribution is 2.18. The molecule has 1 aromatic heterocycles. The summed E-state index contributed by atoms with van der Waals surface area (Å²) in [5, 5.41) is 2.94. The lowest BCUT2D eigenvalue weighted by atomic mass is 9.95. The lowest BCUT2D eigenvalue weighted by Gasteiger charge is -2.31. The van der Waals surface area contributed by atoms with E-state index in [-0.39, 0.29) is 17.7 Å². The monoisotopic (exact) mass is 303 g/mol. The van der Waals surface area contributed by atoms with Crippen molar-refractivity contribution in [2.45, 2.75) is 45.6 Å². The molecule has 0 spiro atoms. The molecule has 1 fully saturated rings. The van der Waals surface area contributed by atoms with E-state index in [2.05, 4.69) is 17.2 Å². The maximum atomic E-state index is 12.2. The SMILES string of the molecule is CCCCC(=O)N1CCC(C(=O)NCc2ccccn2)CC1. The highest BCUT2D eigenvalue weighted by Gasteiger charge is 2.26. The number of piperidine rings is 1. The van der Waals surface area contributed by atoms with Crippen molar-refractivity contribution in [1.82, 2.24) is 15.2 Å². The first-order chi connectivity index (χ1) is 10.7. The molecule has 120 valence electrons. The molecule has 5 heteroatoms. The highest BCUT2D eigenvalue weighted by atomic mass is 16.2. The Kier molecular flexibility index (Phi) is 6.37.